The number of unbranched alkanes of at least 4 members (excludes halogenated alkanes) is 17. The lowest BCUT2D eigenvalue weighted by atomic mass is 9.92. The molecule has 0 aromatic heterocycles. The minimum atomic E-state index is -1.21. The molecule has 0 radical (unpaired) electrons. The first-order valence-electron chi connectivity index (χ1n) is 13.9. The predicted molar refractivity (Wildman–Crippen MR) is 137 cm³/mol. The van der Waals surface area contributed by atoms with E-state index < -0.39 is 11.5 Å². The van der Waals surface area contributed by atoms with Gasteiger partial charge >= 0.3 is 5.97 Å². The Morgan fingerprint density at radius 2 is 1.00 bits per heavy atom. The SMILES string of the molecule is CCCCCCCCCCCCCC(=O)C(C)(NC)C(=O)OCCCCCCCCCC. The van der Waals surface area contributed by atoms with E-state index in [1.54, 1.807) is 14.0 Å². The molecule has 0 saturated heterocycles. The Morgan fingerprint density at radius 3 is 1.41 bits per heavy atom. The van der Waals surface area contributed by atoms with Gasteiger partial charge in [0.15, 0.2) is 11.3 Å². The molecule has 0 rings (SSSR count). The lowest BCUT2D eigenvalue weighted by Crippen LogP contribution is -2.55. The molecule has 0 fully saturated rings. The van der Waals surface area contributed by atoms with Crippen molar-refractivity contribution in [2.45, 2.75) is 155 Å². The van der Waals surface area contributed by atoms with E-state index in [2.05, 4.69) is 19.2 Å². The van der Waals surface area contributed by atoms with Crippen LogP contribution in [0, 0.1) is 0 Å². The molecule has 0 aliphatic rings. The summed E-state index contributed by atoms with van der Waals surface area (Å²) < 4.78 is 5.45. The summed E-state index contributed by atoms with van der Waals surface area (Å²) in [6, 6.07) is 0. The number of Topliss-reactive ketones (excluding diaryl/α,β-unsaturated/α-hetero) is 1. The molecule has 0 aliphatic heterocycles. The van der Waals surface area contributed by atoms with E-state index in [9.17, 15) is 9.59 Å². The van der Waals surface area contributed by atoms with Crippen molar-refractivity contribution in [3.05, 3.63) is 0 Å². The fraction of sp³-hybridized carbons (Fsp3) is 0.929. The second-order valence-electron chi connectivity index (χ2n) is 9.69. The van der Waals surface area contributed by atoms with Crippen LogP contribution in [0.5, 0.6) is 0 Å². The molecule has 1 N–H and O–H groups in total. The van der Waals surface area contributed by atoms with Gasteiger partial charge in [-0.25, -0.2) is 4.79 Å². The van der Waals surface area contributed by atoms with Crippen LogP contribution in [0.3, 0.4) is 0 Å². The van der Waals surface area contributed by atoms with Crippen molar-refractivity contribution in [1.82, 2.24) is 5.32 Å². The largest absolute Gasteiger partial charge is 0.464 e. The van der Waals surface area contributed by atoms with Crippen molar-refractivity contribution in [1.29, 1.82) is 0 Å². The number of hydrogen-bond acceptors (Lipinski definition) is 4. The van der Waals surface area contributed by atoms with Gasteiger partial charge in [0.05, 0.1) is 6.61 Å². The van der Waals surface area contributed by atoms with E-state index in [1.807, 2.05) is 0 Å². The van der Waals surface area contributed by atoms with Crippen LogP contribution in [0.15, 0.2) is 0 Å². The van der Waals surface area contributed by atoms with Gasteiger partial charge in [-0.05, 0) is 26.8 Å². The number of carbonyl (C=O) groups excluding carboxylic acids is 2. The minimum Gasteiger partial charge on any atom is -0.464 e. The topological polar surface area (TPSA) is 55.4 Å². The second kappa shape index (κ2) is 21.9. The zero-order valence-electron chi connectivity index (χ0n) is 22.1. The highest BCUT2D eigenvalue weighted by atomic mass is 16.5. The van der Waals surface area contributed by atoms with Crippen LogP contribution in [-0.4, -0.2) is 30.9 Å². The van der Waals surface area contributed by atoms with E-state index in [1.165, 1.54) is 96.3 Å². The van der Waals surface area contributed by atoms with Crippen LogP contribution in [-0.2, 0) is 14.3 Å². The normalized spacial score (nSPS) is 13.1. The number of ketones is 1. The van der Waals surface area contributed by atoms with Gasteiger partial charge in [-0.1, -0.05) is 123 Å². The van der Waals surface area contributed by atoms with Crippen LogP contribution < -0.4 is 5.32 Å². The minimum absolute atomic E-state index is 0.0446. The van der Waals surface area contributed by atoms with E-state index in [-0.39, 0.29) is 5.78 Å². The number of likely N-dealkylation sites (N-methyl/N-ethyl adjacent to an activating group) is 1. The van der Waals surface area contributed by atoms with E-state index in [0.717, 1.165) is 25.7 Å². The fourth-order valence-electron chi connectivity index (χ4n) is 4.10. The number of rotatable bonds is 24. The van der Waals surface area contributed by atoms with Crippen molar-refractivity contribution >= 4 is 11.8 Å². The van der Waals surface area contributed by atoms with Crippen LogP contribution in [0.25, 0.3) is 0 Å². The molecular formula is C28H55NO3. The van der Waals surface area contributed by atoms with Gasteiger partial charge in [-0.2, -0.15) is 0 Å². The third-order valence-electron chi connectivity index (χ3n) is 6.70. The Labute approximate surface area is 200 Å². The quantitative estimate of drug-likeness (QED) is 0.0916. The molecule has 1 atom stereocenters. The van der Waals surface area contributed by atoms with Gasteiger partial charge < -0.3 is 4.74 Å². The Kier molecular flexibility index (Phi) is 21.3. The Bertz CT molecular complexity index is 452. The molecule has 0 bridgehead atoms. The molecule has 32 heavy (non-hydrogen) atoms. The van der Waals surface area contributed by atoms with Crippen molar-refractivity contribution in [2.24, 2.45) is 0 Å². The Morgan fingerprint density at radius 1 is 0.625 bits per heavy atom. The molecule has 0 amide bonds. The van der Waals surface area contributed by atoms with Crippen LogP contribution >= 0.6 is 0 Å². The van der Waals surface area contributed by atoms with Gasteiger partial charge in [0.25, 0.3) is 0 Å². The monoisotopic (exact) mass is 453 g/mol. The molecule has 0 spiro atoms. The molecule has 190 valence electrons. The first-order chi connectivity index (χ1) is 15.5. The molecule has 0 aliphatic carbocycles. The summed E-state index contributed by atoms with van der Waals surface area (Å²) in [6.07, 6.45) is 23.9. The van der Waals surface area contributed by atoms with Crippen molar-refractivity contribution < 1.29 is 14.3 Å². The molecule has 4 nitrogen and oxygen atoms in total. The van der Waals surface area contributed by atoms with Crippen molar-refractivity contribution in [2.75, 3.05) is 13.7 Å². The van der Waals surface area contributed by atoms with Crippen molar-refractivity contribution in [3.63, 3.8) is 0 Å². The summed E-state index contributed by atoms with van der Waals surface area (Å²) >= 11 is 0. The summed E-state index contributed by atoms with van der Waals surface area (Å²) in [5.74, 6) is -0.465. The van der Waals surface area contributed by atoms with Gasteiger partial charge in [-0.3, -0.25) is 10.1 Å². The predicted octanol–water partition coefficient (Wildman–Crippen LogP) is 7.92. The summed E-state index contributed by atoms with van der Waals surface area (Å²) in [4.78, 5) is 25.2. The van der Waals surface area contributed by atoms with Crippen LogP contribution in [0.2, 0.25) is 0 Å². The molecule has 0 aromatic carbocycles. The number of hydrogen-bond donors (Lipinski definition) is 1. The standard InChI is InChI=1S/C28H55NO3/c1-5-7-9-11-13-15-16-17-18-20-22-24-26(30)28(3,29-4)27(31)32-25-23-21-19-14-12-10-8-6-2/h29H,5-25H2,1-4H3. The van der Waals surface area contributed by atoms with Crippen LogP contribution in [0.1, 0.15) is 149 Å². The van der Waals surface area contributed by atoms with E-state index in [4.69, 9.17) is 4.74 Å². The second-order valence-corrected chi connectivity index (χ2v) is 9.69. The maximum atomic E-state index is 12.7. The average molecular weight is 454 g/mol. The van der Waals surface area contributed by atoms with Gasteiger partial charge in [-0.15, -0.1) is 0 Å². The summed E-state index contributed by atoms with van der Waals surface area (Å²) in [7, 11) is 1.68. The smallest absolute Gasteiger partial charge is 0.333 e. The lowest BCUT2D eigenvalue weighted by molar-refractivity contribution is -0.154. The highest BCUT2D eigenvalue weighted by Gasteiger charge is 2.40. The first-order valence-corrected chi connectivity index (χ1v) is 13.9. The number of esters is 1. The highest BCUT2D eigenvalue weighted by Crippen LogP contribution is 2.16. The molecule has 4 heteroatoms. The van der Waals surface area contributed by atoms with E-state index >= 15 is 0 Å². The maximum absolute atomic E-state index is 12.7. The maximum Gasteiger partial charge on any atom is 0.333 e. The number of carbonyl (C=O) groups is 2. The van der Waals surface area contributed by atoms with Gasteiger partial charge in [0.1, 0.15) is 0 Å². The Hall–Kier alpha value is -0.900. The summed E-state index contributed by atoms with van der Waals surface area (Å²) in [5, 5.41) is 2.92. The summed E-state index contributed by atoms with van der Waals surface area (Å²) in [5.41, 5.74) is -1.21. The number of ether oxygens (including phenoxy) is 1. The highest BCUT2D eigenvalue weighted by molar-refractivity contribution is 6.08. The molecular weight excluding hydrogens is 398 g/mol. The molecule has 0 saturated carbocycles. The zero-order valence-corrected chi connectivity index (χ0v) is 22.1. The fourth-order valence-corrected chi connectivity index (χ4v) is 4.10. The molecule has 0 aromatic rings. The van der Waals surface area contributed by atoms with Gasteiger partial charge in [0.2, 0.25) is 0 Å². The average Bonchev–Trinajstić information content (AvgIpc) is 2.80. The molecule has 1 unspecified atom stereocenters. The third-order valence-corrected chi connectivity index (χ3v) is 6.70. The third kappa shape index (κ3) is 15.8. The van der Waals surface area contributed by atoms with Gasteiger partial charge in [0, 0.05) is 6.42 Å². The molecule has 0 heterocycles. The Balaban J connectivity index is 3.84. The summed E-state index contributed by atoms with van der Waals surface area (Å²) in [6.45, 7) is 6.57. The van der Waals surface area contributed by atoms with Crippen LogP contribution in [0.4, 0.5) is 0 Å². The van der Waals surface area contributed by atoms with E-state index in [0.29, 0.717) is 13.0 Å². The lowest BCUT2D eigenvalue weighted by Gasteiger charge is -2.25. The zero-order chi connectivity index (χ0) is 23.9. The number of nitrogens with one attached hydrogen (secondary N) is 1. The first kappa shape index (κ1) is 31.1. The van der Waals surface area contributed by atoms with Crippen molar-refractivity contribution in [3.8, 4) is 0 Å².